The summed E-state index contributed by atoms with van der Waals surface area (Å²) in [6, 6.07) is 7.94. The summed E-state index contributed by atoms with van der Waals surface area (Å²) >= 11 is 18.1. The Bertz CT molecular complexity index is 608. The third-order valence-electron chi connectivity index (χ3n) is 2.30. The largest absolute Gasteiger partial charge is 0.477 e. The molecule has 0 bridgehead atoms. The van der Waals surface area contributed by atoms with E-state index in [1.165, 1.54) is 12.1 Å². The van der Waals surface area contributed by atoms with Gasteiger partial charge in [-0.25, -0.2) is 9.78 Å². The Morgan fingerprint density at radius 2 is 1.67 bits per heavy atom. The first-order valence-corrected chi connectivity index (χ1v) is 5.98. The Labute approximate surface area is 118 Å². The quantitative estimate of drug-likeness (QED) is 0.836. The van der Waals surface area contributed by atoms with Crippen molar-refractivity contribution in [3.05, 3.63) is 51.2 Å². The number of carboxylic acids is 1. The molecule has 0 fully saturated rings. The summed E-state index contributed by atoms with van der Waals surface area (Å²) in [6.07, 6.45) is 0. The van der Waals surface area contributed by atoms with Gasteiger partial charge in [0.15, 0.2) is 0 Å². The number of nitrogens with zero attached hydrogens (tertiary/aromatic N) is 1. The van der Waals surface area contributed by atoms with E-state index in [0.717, 1.165) is 0 Å². The second kappa shape index (κ2) is 5.14. The molecule has 0 spiro atoms. The fourth-order valence-electron chi connectivity index (χ4n) is 1.49. The van der Waals surface area contributed by atoms with Gasteiger partial charge in [-0.15, -0.1) is 0 Å². The zero-order valence-electron chi connectivity index (χ0n) is 8.82. The molecule has 0 radical (unpaired) electrons. The first-order valence-electron chi connectivity index (χ1n) is 4.85. The van der Waals surface area contributed by atoms with Crippen LogP contribution in [0.15, 0.2) is 30.3 Å². The van der Waals surface area contributed by atoms with Crippen LogP contribution in [0.2, 0.25) is 15.2 Å². The van der Waals surface area contributed by atoms with Gasteiger partial charge in [0.1, 0.15) is 10.8 Å². The van der Waals surface area contributed by atoms with Gasteiger partial charge in [0, 0.05) is 11.1 Å². The maximum absolute atomic E-state index is 10.8. The molecule has 0 amide bonds. The molecule has 1 N–H and O–H groups in total. The second-order valence-electron chi connectivity index (χ2n) is 3.44. The van der Waals surface area contributed by atoms with E-state index < -0.39 is 5.97 Å². The Hall–Kier alpha value is -1.29. The smallest absolute Gasteiger partial charge is 0.354 e. The number of hydrogen-bond acceptors (Lipinski definition) is 2. The van der Waals surface area contributed by atoms with E-state index in [2.05, 4.69) is 4.98 Å². The summed E-state index contributed by atoms with van der Waals surface area (Å²) in [5, 5.41) is 9.70. The topological polar surface area (TPSA) is 50.2 Å². The first-order chi connectivity index (χ1) is 8.50. The van der Waals surface area contributed by atoms with E-state index >= 15 is 0 Å². The highest BCUT2D eigenvalue weighted by molar-refractivity contribution is 6.40. The Morgan fingerprint density at radius 3 is 2.17 bits per heavy atom. The average Bonchev–Trinajstić information content (AvgIpc) is 2.30. The predicted octanol–water partition coefficient (Wildman–Crippen LogP) is 4.41. The zero-order chi connectivity index (χ0) is 13.3. The number of halogens is 3. The van der Waals surface area contributed by atoms with Gasteiger partial charge in [0.2, 0.25) is 0 Å². The van der Waals surface area contributed by atoms with Crippen LogP contribution in [0.25, 0.3) is 11.1 Å². The lowest BCUT2D eigenvalue weighted by Gasteiger charge is -2.08. The fraction of sp³-hybridized carbons (Fsp3) is 0. The van der Waals surface area contributed by atoms with Crippen LogP contribution in [-0.2, 0) is 0 Å². The summed E-state index contributed by atoms with van der Waals surface area (Å²) in [5.41, 5.74) is 0.902. The van der Waals surface area contributed by atoms with Crippen molar-refractivity contribution in [2.24, 2.45) is 0 Å². The van der Waals surface area contributed by atoms with E-state index in [1.54, 1.807) is 18.2 Å². The summed E-state index contributed by atoms with van der Waals surface area (Å²) < 4.78 is 0. The van der Waals surface area contributed by atoms with Crippen molar-refractivity contribution in [3.8, 4) is 11.1 Å². The van der Waals surface area contributed by atoms with E-state index in [0.29, 0.717) is 21.2 Å². The SMILES string of the molecule is O=C(O)c1ccc(-c2c(Cl)cccc2Cl)c(Cl)n1. The van der Waals surface area contributed by atoms with Gasteiger partial charge in [-0.3, -0.25) is 0 Å². The molecule has 0 aliphatic heterocycles. The predicted molar refractivity (Wildman–Crippen MR) is 71.7 cm³/mol. The molecule has 3 nitrogen and oxygen atoms in total. The molecular formula is C12H6Cl3NO2. The van der Waals surface area contributed by atoms with Crippen LogP contribution in [0, 0.1) is 0 Å². The normalized spacial score (nSPS) is 10.4. The summed E-state index contributed by atoms with van der Waals surface area (Å²) in [7, 11) is 0. The van der Waals surface area contributed by atoms with E-state index in [9.17, 15) is 4.79 Å². The third kappa shape index (κ3) is 2.43. The van der Waals surface area contributed by atoms with Crippen molar-refractivity contribution in [3.63, 3.8) is 0 Å². The summed E-state index contributed by atoms with van der Waals surface area (Å²) in [5.74, 6) is -1.14. The summed E-state index contributed by atoms with van der Waals surface area (Å²) in [6.45, 7) is 0. The number of rotatable bonds is 2. The molecule has 0 aliphatic rings. The monoisotopic (exact) mass is 301 g/mol. The standard InChI is InChI=1S/C12H6Cl3NO2/c13-7-2-1-3-8(14)10(7)6-4-5-9(12(17)18)16-11(6)15/h1-5H,(H,17,18). The molecule has 92 valence electrons. The van der Waals surface area contributed by atoms with E-state index in [1.807, 2.05) is 0 Å². The number of benzene rings is 1. The van der Waals surface area contributed by atoms with Gasteiger partial charge in [-0.2, -0.15) is 0 Å². The van der Waals surface area contributed by atoms with E-state index in [-0.39, 0.29) is 10.8 Å². The van der Waals surface area contributed by atoms with Crippen LogP contribution in [0.5, 0.6) is 0 Å². The van der Waals surface area contributed by atoms with Gasteiger partial charge < -0.3 is 5.11 Å². The Morgan fingerprint density at radius 1 is 1.06 bits per heavy atom. The molecular weight excluding hydrogens is 296 g/mol. The molecule has 18 heavy (non-hydrogen) atoms. The van der Waals surface area contributed by atoms with Gasteiger partial charge in [-0.1, -0.05) is 40.9 Å². The van der Waals surface area contributed by atoms with Crippen molar-refractivity contribution in [2.75, 3.05) is 0 Å². The van der Waals surface area contributed by atoms with Crippen molar-refractivity contribution in [2.45, 2.75) is 0 Å². The number of hydrogen-bond donors (Lipinski definition) is 1. The van der Waals surface area contributed by atoms with Crippen molar-refractivity contribution < 1.29 is 9.90 Å². The number of carbonyl (C=O) groups is 1. The molecule has 0 saturated carbocycles. The molecule has 0 unspecified atom stereocenters. The molecule has 1 heterocycles. The van der Waals surface area contributed by atoms with Crippen molar-refractivity contribution in [1.82, 2.24) is 4.98 Å². The highest BCUT2D eigenvalue weighted by Gasteiger charge is 2.14. The van der Waals surface area contributed by atoms with Crippen molar-refractivity contribution >= 4 is 40.8 Å². The van der Waals surface area contributed by atoms with Crippen molar-refractivity contribution in [1.29, 1.82) is 0 Å². The third-order valence-corrected chi connectivity index (χ3v) is 3.22. The highest BCUT2D eigenvalue weighted by Crippen LogP contribution is 2.37. The maximum atomic E-state index is 10.8. The fourth-order valence-corrected chi connectivity index (χ4v) is 2.34. The molecule has 1 aromatic heterocycles. The number of aromatic nitrogens is 1. The van der Waals surface area contributed by atoms with Crippen LogP contribution < -0.4 is 0 Å². The molecule has 0 saturated heterocycles. The minimum absolute atomic E-state index is 0.0462. The average molecular weight is 303 g/mol. The van der Waals surface area contributed by atoms with E-state index in [4.69, 9.17) is 39.9 Å². The number of aromatic carboxylic acids is 1. The van der Waals surface area contributed by atoms with Crippen LogP contribution in [-0.4, -0.2) is 16.1 Å². The lowest BCUT2D eigenvalue weighted by atomic mass is 10.1. The van der Waals surface area contributed by atoms with Gasteiger partial charge in [0.25, 0.3) is 0 Å². The zero-order valence-corrected chi connectivity index (χ0v) is 11.1. The lowest BCUT2D eigenvalue weighted by molar-refractivity contribution is 0.0690. The Balaban J connectivity index is 2.62. The van der Waals surface area contributed by atoms with Gasteiger partial charge in [0.05, 0.1) is 10.0 Å². The van der Waals surface area contributed by atoms with Crippen LogP contribution >= 0.6 is 34.8 Å². The first kappa shape index (κ1) is 13.1. The lowest BCUT2D eigenvalue weighted by Crippen LogP contribution is -2.00. The Kier molecular flexibility index (Phi) is 3.76. The van der Waals surface area contributed by atoms with Gasteiger partial charge in [-0.05, 0) is 24.3 Å². The minimum Gasteiger partial charge on any atom is -0.477 e. The molecule has 1 aromatic carbocycles. The maximum Gasteiger partial charge on any atom is 0.354 e. The molecule has 2 aromatic rings. The summed E-state index contributed by atoms with van der Waals surface area (Å²) in [4.78, 5) is 14.5. The number of carboxylic acid groups (broad SMARTS) is 1. The number of pyridine rings is 1. The molecule has 0 aliphatic carbocycles. The van der Waals surface area contributed by atoms with Crippen LogP contribution in [0.4, 0.5) is 0 Å². The molecule has 6 heteroatoms. The molecule has 0 atom stereocenters. The molecule has 2 rings (SSSR count). The minimum atomic E-state index is -1.14. The van der Waals surface area contributed by atoms with Gasteiger partial charge >= 0.3 is 5.97 Å². The highest BCUT2D eigenvalue weighted by atomic mass is 35.5. The van der Waals surface area contributed by atoms with Crippen LogP contribution in [0.3, 0.4) is 0 Å². The second-order valence-corrected chi connectivity index (χ2v) is 4.61. The van der Waals surface area contributed by atoms with Crippen LogP contribution in [0.1, 0.15) is 10.5 Å².